The van der Waals surface area contributed by atoms with Crippen LogP contribution in [0, 0.1) is 12.7 Å². The van der Waals surface area contributed by atoms with E-state index >= 15 is 0 Å². The molecule has 4 aromatic rings. The van der Waals surface area contributed by atoms with Gasteiger partial charge in [-0.2, -0.15) is 10.2 Å². The Bertz CT molecular complexity index is 1340. The zero-order valence-corrected chi connectivity index (χ0v) is 17.9. The van der Waals surface area contributed by atoms with Crippen molar-refractivity contribution in [2.24, 2.45) is 0 Å². The fourth-order valence-electron chi connectivity index (χ4n) is 3.83. The smallest absolute Gasteiger partial charge is 0.264 e. The van der Waals surface area contributed by atoms with Gasteiger partial charge in [-0.05, 0) is 56.5 Å². The Hall–Kier alpha value is -3.66. The van der Waals surface area contributed by atoms with Gasteiger partial charge < -0.3 is 5.32 Å². The summed E-state index contributed by atoms with van der Waals surface area (Å²) in [6, 6.07) is 9.04. The molecule has 1 aromatic carbocycles. The SMILES string of the molecule is Cc1c(C(=O)NC2CCCc3nc(-c4ccc(F)cc4)sc32)cnn1-c1ccc(=O)[nH]n1. The molecule has 8 nitrogen and oxygen atoms in total. The fraction of sp³-hybridized carbons (Fsp3) is 0.227. The number of carbonyl (C=O) groups excluding carboxylic acids is 1. The maximum atomic E-state index is 13.3. The van der Waals surface area contributed by atoms with Crippen LogP contribution in [-0.4, -0.2) is 30.9 Å². The molecule has 1 aliphatic rings. The van der Waals surface area contributed by atoms with Crippen LogP contribution in [0.5, 0.6) is 0 Å². The Labute approximate surface area is 186 Å². The standard InChI is InChI=1S/C22H19FN6O2S/c1-12-15(11-24-29(12)18-9-10-19(30)28-27-18)21(31)25-16-3-2-4-17-20(16)32-22(26-17)13-5-7-14(23)8-6-13/h5-11,16H,2-4H2,1H3,(H,25,31)(H,28,30). The van der Waals surface area contributed by atoms with Gasteiger partial charge in [0.1, 0.15) is 10.8 Å². The predicted molar refractivity (Wildman–Crippen MR) is 117 cm³/mol. The molecule has 3 heterocycles. The number of H-pyrrole nitrogens is 1. The molecular weight excluding hydrogens is 431 g/mol. The van der Waals surface area contributed by atoms with E-state index in [0.29, 0.717) is 17.1 Å². The van der Waals surface area contributed by atoms with E-state index < -0.39 is 0 Å². The Morgan fingerprint density at radius 3 is 2.81 bits per heavy atom. The molecule has 2 N–H and O–H groups in total. The predicted octanol–water partition coefficient (Wildman–Crippen LogP) is 3.33. The highest BCUT2D eigenvalue weighted by molar-refractivity contribution is 7.15. The first-order valence-corrected chi connectivity index (χ1v) is 11.0. The zero-order chi connectivity index (χ0) is 22.2. The third-order valence-corrected chi connectivity index (χ3v) is 6.74. The second kappa shape index (κ2) is 8.12. The Morgan fingerprint density at radius 2 is 2.06 bits per heavy atom. The van der Waals surface area contributed by atoms with Gasteiger partial charge in [-0.25, -0.2) is 19.2 Å². The summed E-state index contributed by atoms with van der Waals surface area (Å²) in [6.07, 6.45) is 4.09. The van der Waals surface area contributed by atoms with E-state index in [2.05, 4.69) is 20.6 Å². The first-order chi connectivity index (χ1) is 15.5. The Kier molecular flexibility index (Phi) is 5.14. The van der Waals surface area contributed by atoms with E-state index in [4.69, 9.17) is 4.98 Å². The number of thiazole rings is 1. The average Bonchev–Trinajstić information content (AvgIpc) is 3.39. The van der Waals surface area contributed by atoms with Crippen molar-refractivity contribution in [2.45, 2.75) is 32.2 Å². The maximum Gasteiger partial charge on any atom is 0.264 e. The topological polar surface area (TPSA) is 106 Å². The van der Waals surface area contributed by atoms with Crippen LogP contribution in [0.4, 0.5) is 4.39 Å². The lowest BCUT2D eigenvalue weighted by atomic mass is 9.97. The molecule has 1 aliphatic carbocycles. The Balaban J connectivity index is 1.39. The lowest BCUT2D eigenvalue weighted by Crippen LogP contribution is -2.30. The number of nitrogens with one attached hydrogen (secondary N) is 2. The number of halogens is 1. The van der Waals surface area contributed by atoms with Gasteiger partial charge in [0.05, 0.1) is 34.1 Å². The fourth-order valence-corrected chi connectivity index (χ4v) is 5.03. The highest BCUT2D eigenvalue weighted by Gasteiger charge is 2.28. The van der Waals surface area contributed by atoms with E-state index in [-0.39, 0.29) is 23.3 Å². The van der Waals surface area contributed by atoms with Crippen molar-refractivity contribution in [3.05, 3.63) is 80.6 Å². The molecule has 0 spiro atoms. The number of hydrogen-bond donors (Lipinski definition) is 2. The van der Waals surface area contributed by atoms with E-state index in [1.54, 1.807) is 25.1 Å². The lowest BCUT2D eigenvalue weighted by molar-refractivity contribution is 0.0933. The zero-order valence-electron chi connectivity index (χ0n) is 17.1. The second-order valence-electron chi connectivity index (χ2n) is 7.59. The van der Waals surface area contributed by atoms with Crippen LogP contribution >= 0.6 is 11.3 Å². The molecule has 0 fully saturated rings. The van der Waals surface area contributed by atoms with Crippen LogP contribution in [-0.2, 0) is 6.42 Å². The van der Waals surface area contributed by atoms with Crippen molar-refractivity contribution in [1.82, 2.24) is 30.3 Å². The average molecular weight is 450 g/mol. The normalized spacial score (nSPS) is 15.4. The van der Waals surface area contributed by atoms with Gasteiger partial charge >= 0.3 is 0 Å². The van der Waals surface area contributed by atoms with Crippen molar-refractivity contribution in [1.29, 1.82) is 0 Å². The molecular formula is C22H19FN6O2S. The summed E-state index contributed by atoms with van der Waals surface area (Å²) in [5.41, 5.74) is 2.59. The van der Waals surface area contributed by atoms with Gasteiger partial charge in [0.15, 0.2) is 5.82 Å². The van der Waals surface area contributed by atoms with Crippen molar-refractivity contribution in [3.63, 3.8) is 0 Å². The molecule has 1 atom stereocenters. The number of carbonyl (C=O) groups is 1. The van der Waals surface area contributed by atoms with Crippen LogP contribution in [0.1, 0.15) is 45.5 Å². The molecule has 0 saturated heterocycles. The summed E-state index contributed by atoms with van der Waals surface area (Å²) in [6.45, 7) is 1.78. The third-order valence-electron chi connectivity index (χ3n) is 5.48. The molecule has 5 rings (SSSR count). The van der Waals surface area contributed by atoms with Gasteiger partial charge in [-0.1, -0.05) is 0 Å². The number of aromatic amines is 1. The molecule has 3 aromatic heterocycles. The minimum Gasteiger partial charge on any atom is -0.344 e. The van der Waals surface area contributed by atoms with Crippen LogP contribution in [0.25, 0.3) is 16.4 Å². The number of aryl methyl sites for hydroxylation is 1. The highest BCUT2D eigenvalue weighted by atomic mass is 32.1. The van der Waals surface area contributed by atoms with Crippen LogP contribution < -0.4 is 10.9 Å². The number of nitrogens with zero attached hydrogens (tertiary/aromatic N) is 4. The highest BCUT2D eigenvalue weighted by Crippen LogP contribution is 2.38. The summed E-state index contributed by atoms with van der Waals surface area (Å²) in [7, 11) is 0. The molecule has 32 heavy (non-hydrogen) atoms. The monoisotopic (exact) mass is 450 g/mol. The largest absolute Gasteiger partial charge is 0.344 e. The van der Waals surface area contributed by atoms with Crippen LogP contribution in [0.2, 0.25) is 0 Å². The first-order valence-electron chi connectivity index (χ1n) is 10.2. The van der Waals surface area contributed by atoms with Crippen molar-refractivity contribution in [2.75, 3.05) is 0 Å². The van der Waals surface area contributed by atoms with Crippen molar-refractivity contribution >= 4 is 17.2 Å². The van der Waals surface area contributed by atoms with E-state index in [1.807, 2.05) is 0 Å². The molecule has 1 unspecified atom stereocenters. The second-order valence-corrected chi connectivity index (χ2v) is 8.62. The van der Waals surface area contributed by atoms with E-state index in [0.717, 1.165) is 40.4 Å². The van der Waals surface area contributed by atoms with Crippen LogP contribution in [0.15, 0.2) is 47.4 Å². The molecule has 0 radical (unpaired) electrons. The summed E-state index contributed by atoms with van der Waals surface area (Å²) in [5.74, 6) is -0.0894. The number of benzene rings is 1. The van der Waals surface area contributed by atoms with Crippen molar-refractivity contribution < 1.29 is 9.18 Å². The number of rotatable bonds is 4. The molecule has 1 amide bonds. The van der Waals surface area contributed by atoms with Gasteiger partial charge in [-0.15, -0.1) is 11.3 Å². The van der Waals surface area contributed by atoms with E-state index in [9.17, 15) is 14.0 Å². The quantitative estimate of drug-likeness (QED) is 0.496. The molecule has 162 valence electrons. The number of aromatic nitrogens is 5. The summed E-state index contributed by atoms with van der Waals surface area (Å²) in [5, 5.41) is 14.5. The van der Waals surface area contributed by atoms with Gasteiger partial charge in [0.25, 0.3) is 11.5 Å². The number of fused-ring (bicyclic) bond motifs is 1. The first kappa shape index (κ1) is 20.3. The van der Waals surface area contributed by atoms with E-state index in [1.165, 1.54) is 40.4 Å². The van der Waals surface area contributed by atoms with Gasteiger partial charge in [-0.3, -0.25) is 9.59 Å². The third kappa shape index (κ3) is 3.73. The molecule has 0 aliphatic heterocycles. The van der Waals surface area contributed by atoms with Gasteiger partial charge in [0.2, 0.25) is 0 Å². The molecule has 10 heteroatoms. The van der Waals surface area contributed by atoms with Crippen LogP contribution in [0.3, 0.4) is 0 Å². The minimum absolute atomic E-state index is 0.146. The summed E-state index contributed by atoms with van der Waals surface area (Å²) in [4.78, 5) is 30.1. The maximum absolute atomic E-state index is 13.3. The number of hydrogen-bond acceptors (Lipinski definition) is 6. The van der Waals surface area contributed by atoms with Crippen molar-refractivity contribution in [3.8, 4) is 16.4 Å². The summed E-state index contributed by atoms with van der Waals surface area (Å²) >= 11 is 1.53. The number of amides is 1. The Morgan fingerprint density at radius 1 is 1.25 bits per heavy atom. The molecule has 0 bridgehead atoms. The lowest BCUT2D eigenvalue weighted by Gasteiger charge is -2.22. The molecule has 0 saturated carbocycles. The van der Waals surface area contributed by atoms with Gasteiger partial charge in [0, 0.05) is 11.6 Å². The minimum atomic E-state index is -0.311. The summed E-state index contributed by atoms with van der Waals surface area (Å²) < 4.78 is 14.8.